The number of carbonyl (C=O) groups is 1. The van der Waals surface area contributed by atoms with Crippen LogP contribution in [0, 0.1) is 0 Å². The van der Waals surface area contributed by atoms with Gasteiger partial charge in [0.1, 0.15) is 0 Å². The van der Waals surface area contributed by atoms with E-state index in [4.69, 9.17) is 22.1 Å². The second-order valence-electron chi connectivity index (χ2n) is 4.03. The SMILES string of the molecule is COCC(O)CN(C)C(=O)c1ccc(Cl)cc1N. The van der Waals surface area contributed by atoms with Gasteiger partial charge in [0.05, 0.1) is 18.3 Å². The minimum absolute atomic E-state index is 0.174. The molecule has 1 rings (SSSR count). The van der Waals surface area contributed by atoms with E-state index in [0.717, 1.165) is 0 Å². The van der Waals surface area contributed by atoms with E-state index in [1.165, 1.54) is 18.1 Å². The van der Waals surface area contributed by atoms with Crippen LogP contribution < -0.4 is 5.73 Å². The molecule has 0 aliphatic heterocycles. The summed E-state index contributed by atoms with van der Waals surface area (Å²) in [6.45, 7) is 0.350. The Morgan fingerprint density at radius 2 is 2.28 bits per heavy atom. The average Bonchev–Trinajstić information content (AvgIpc) is 2.28. The molecule has 0 aromatic heterocycles. The predicted molar refractivity (Wildman–Crippen MR) is 70.7 cm³/mol. The monoisotopic (exact) mass is 272 g/mol. The van der Waals surface area contributed by atoms with Crippen molar-refractivity contribution in [2.45, 2.75) is 6.10 Å². The van der Waals surface area contributed by atoms with Crippen LogP contribution in [0.3, 0.4) is 0 Å². The van der Waals surface area contributed by atoms with Crippen molar-refractivity contribution in [3.05, 3.63) is 28.8 Å². The summed E-state index contributed by atoms with van der Waals surface area (Å²) in [7, 11) is 3.08. The van der Waals surface area contributed by atoms with E-state index in [9.17, 15) is 9.90 Å². The molecule has 0 aliphatic carbocycles. The largest absolute Gasteiger partial charge is 0.398 e. The van der Waals surface area contributed by atoms with Gasteiger partial charge >= 0.3 is 0 Å². The molecule has 0 heterocycles. The molecule has 0 saturated heterocycles. The lowest BCUT2D eigenvalue weighted by molar-refractivity contribution is 0.0380. The summed E-state index contributed by atoms with van der Waals surface area (Å²) < 4.78 is 4.80. The summed E-state index contributed by atoms with van der Waals surface area (Å²) in [6.07, 6.45) is -0.725. The Bertz CT molecular complexity index is 426. The first-order valence-corrected chi connectivity index (χ1v) is 5.81. The maximum atomic E-state index is 12.1. The lowest BCUT2D eigenvalue weighted by atomic mass is 10.1. The maximum Gasteiger partial charge on any atom is 0.255 e. The maximum absolute atomic E-state index is 12.1. The van der Waals surface area contributed by atoms with Crippen LogP contribution in [-0.2, 0) is 4.74 Å². The average molecular weight is 273 g/mol. The molecule has 6 heteroatoms. The van der Waals surface area contributed by atoms with Gasteiger partial charge in [0, 0.05) is 31.4 Å². The van der Waals surface area contributed by atoms with Crippen LogP contribution >= 0.6 is 11.6 Å². The highest BCUT2D eigenvalue weighted by Gasteiger charge is 2.17. The van der Waals surface area contributed by atoms with Crippen LogP contribution in [0.25, 0.3) is 0 Å². The fraction of sp³-hybridized carbons (Fsp3) is 0.417. The van der Waals surface area contributed by atoms with Crippen LogP contribution in [0.4, 0.5) is 5.69 Å². The smallest absolute Gasteiger partial charge is 0.255 e. The Morgan fingerprint density at radius 1 is 1.61 bits per heavy atom. The number of aliphatic hydroxyl groups is 1. The Labute approximate surface area is 111 Å². The number of anilines is 1. The number of aliphatic hydroxyl groups excluding tert-OH is 1. The Kier molecular flexibility index (Phi) is 5.40. The molecule has 1 atom stereocenters. The number of halogens is 1. The van der Waals surface area contributed by atoms with Crippen LogP contribution in [0.1, 0.15) is 10.4 Å². The van der Waals surface area contributed by atoms with Crippen molar-refractivity contribution in [3.8, 4) is 0 Å². The summed E-state index contributed by atoms with van der Waals surface area (Å²) in [5, 5.41) is 10.0. The van der Waals surface area contributed by atoms with Crippen molar-refractivity contribution in [1.82, 2.24) is 4.90 Å². The topological polar surface area (TPSA) is 75.8 Å². The standard InChI is InChI=1S/C12H17ClN2O3/c1-15(6-9(16)7-18-2)12(17)10-4-3-8(13)5-11(10)14/h3-5,9,16H,6-7,14H2,1-2H3. The molecule has 18 heavy (non-hydrogen) atoms. The Balaban J connectivity index is 2.74. The van der Waals surface area contributed by atoms with E-state index >= 15 is 0 Å². The second-order valence-corrected chi connectivity index (χ2v) is 4.46. The third-order valence-electron chi connectivity index (χ3n) is 2.43. The summed E-state index contributed by atoms with van der Waals surface area (Å²) in [5.41, 5.74) is 6.42. The van der Waals surface area contributed by atoms with Gasteiger partial charge in [-0.3, -0.25) is 4.79 Å². The fourth-order valence-electron chi connectivity index (χ4n) is 1.58. The van der Waals surface area contributed by atoms with Crippen LogP contribution in [0.15, 0.2) is 18.2 Å². The van der Waals surface area contributed by atoms with Crippen molar-refractivity contribution in [2.75, 3.05) is 33.0 Å². The number of nitrogen functional groups attached to an aromatic ring is 1. The van der Waals surface area contributed by atoms with Gasteiger partial charge in [-0.25, -0.2) is 0 Å². The minimum Gasteiger partial charge on any atom is -0.398 e. The first-order valence-electron chi connectivity index (χ1n) is 5.43. The van der Waals surface area contributed by atoms with Gasteiger partial charge in [0.25, 0.3) is 5.91 Å². The third-order valence-corrected chi connectivity index (χ3v) is 2.67. The Morgan fingerprint density at radius 3 is 2.83 bits per heavy atom. The lowest BCUT2D eigenvalue weighted by Crippen LogP contribution is -2.36. The van der Waals surface area contributed by atoms with Crippen LogP contribution in [-0.4, -0.2) is 49.3 Å². The van der Waals surface area contributed by atoms with E-state index in [0.29, 0.717) is 16.3 Å². The molecule has 0 aliphatic rings. The highest BCUT2D eigenvalue weighted by molar-refractivity contribution is 6.31. The van der Waals surface area contributed by atoms with Crippen molar-refractivity contribution < 1.29 is 14.6 Å². The van der Waals surface area contributed by atoms with Gasteiger partial charge < -0.3 is 20.5 Å². The molecule has 5 nitrogen and oxygen atoms in total. The number of likely N-dealkylation sites (N-methyl/N-ethyl adjacent to an activating group) is 1. The number of rotatable bonds is 5. The quantitative estimate of drug-likeness (QED) is 0.784. The van der Waals surface area contributed by atoms with Gasteiger partial charge in [0.15, 0.2) is 0 Å². The zero-order chi connectivity index (χ0) is 13.7. The zero-order valence-corrected chi connectivity index (χ0v) is 11.1. The number of hydrogen-bond acceptors (Lipinski definition) is 4. The van der Waals surface area contributed by atoms with E-state index < -0.39 is 6.10 Å². The number of benzene rings is 1. The van der Waals surface area contributed by atoms with Crippen LogP contribution in [0.5, 0.6) is 0 Å². The van der Waals surface area contributed by atoms with Gasteiger partial charge in [-0.05, 0) is 18.2 Å². The molecule has 1 aromatic carbocycles. The molecule has 1 unspecified atom stereocenters. The Hall–Kier alpha value is -1.30. The lowest BCUT2D eigenvalue weighted by Gasteiger charge is -2.21. The summed E-state index contributed by atoms with van der Waals surface area (Å²) >= 11 is 5.77. The number of amides is 1. The number of methoxy groups -OCH3 is 1. The highest BCUT2D eigenvalue weighted by Crippen LogP contribution is 2.19. The fourth-order valence-corrected chi connectivity index (χ4v) is 1.76. The van der Waals surface area contributed by atoms with E-state index in [-0.39, 0.29) is 19.1 Å². The first-order chi connectivity index (χ1) is 8.45. The van der Waals surface area contributed by atoms with Crippen molar-refractivity contribution in [3.63, 3.8) is 0 Å². The minimum atomic E-state index is -0.725. The highest BCUT2D eigenvalue weighted by atomic mass is 35.5. The molecule has 0 radical (unpaired) electrons. The summed E-state index contributed by atoms with van der Waals surface area (Å²) in [4.78, 5) is 13.5. The number of nitrogens with zero attached hydrogens (tertiary/aromatic N) is 1. The molecule has 0 spiro atoms. The number of nitrogens with two attached hydrogens (primary N) is 1. The normalized spacial score (nSPS) is 12.2. The van der Waals surface area contributed by atoms with Gasteiger partial charge in [-0.15, -0.1) is 0 Å². The van der Waals surface area contributed by atoms with Gasteiger partial charge in [-0.1, -0.05) is 11.6 Å². The zero-order valence-electron chi connectivity index (χ0n) is 10.4. The number of hydrogen-bond donors (Lipinski definition) is 2. The molecule has 0 saturated carbocycles. The molecular formula is C12H17ClN2O3. The molecule has 3 N–H and O–H groups in total. The van der Waals surface area contributed by atoms with Crippen molar-refractivity contribution >= 4 is 23.2 Å². The molecular weight excluding hydrogens is 256 g/mol. The molecule has 0 bridgehead atoms. The second kappa shape index (κ2) is 6.58. The van der Waals surface area contributed by atoms with Crippen molar-refractivity contribution in [1.29, 1.82) is 0 Å². The van der Waals surface area contributed by atoms with Crippen LogP contribution in [0.2, 0.25) is 5.02 Å². The summed E-state index contributed by atoms with van der Waals surface area (Å²) in [6, 6.07) is 4.69. The predicted octanol–water partition coefficient (Wildman–Crippen LogP) is 1.00. The summed E-state index contributed by atoms with van der Waals surface area (Å²) in [5.74, 6) is -0.265. The van der Waals surface area contributed by atoms with Gasteiger partial charge in [0.2, 0.25) is 0 Å². The molecule has 100 valence electrons. The third kappa shape index (κ3) is 3.87. The van der Waals surface area contributed by atoms with E-state index in [2.05, 4.69) is 0 Å². The molecule has 1 amide bonds. The van der Waals surface area contributed by atoms with E-state index in [1.54, 1.807) is 19.2 Å². The van der Waals surface area contributed by atoms with Gasteiger partial charge in [-0.2, -0.15) is 0 Å². The molecule has 1 aromatic rings. The van der Waals surface area contributed by atoms with Crippen molar-refractivity contribution in [2.24, 2.45) is 0 Å². The number of ether oxygens (including phenoxy) is 1. The molecule has 0 fully saturated rings. The number of carbonyl (C=O) groups excluding carboxylic acids is 1. The van der Waals surface area contributed by atoms with E-state index in [1.807, 2.05) is 0 Å². The first kappa shape index (κ1) is 14.8.